The van der Waals surface area contributed by atoms with Gasteiger partial charge in [-0.15, -0.1) is 0 Å². The molecular weight excluding hydrogens is 524 g/mol. The number of carbonyl (C=O) groups excluding carboxylic acids is 2. The Labute approximate surface area is 210 Å². The molecule has 0 bridgehead atoms. The molecule has 3 rings (SSSR count). The van der Waals surface area contributed by atoms with Crippen LogP contribution in [-0.4, -0.2) is 31.3 Å². The summed E-state index contributed by atoms with van der Waals surface area (Å²) in [6, 6.07) is 18.5. The van der Waals surface area contributed by atoms with Gasteiger partial charge in [0.25, 0.3) is 5.91 Å². The predicted molar refractivity (Wildman–Crippen MR) is 134 cm³/mol. The molecular formula is C25H22BrClN2O5. The van der Waals surface area contributed by atoms with E-state index in [-0.39, 0.29) is 12.4 Å². The first-order valence-corrected chi connectivity index (χ1v) is 11.6. The smallest absolute Gasteiger partial charge is 0.343 e. The van der Waals surface area contributed by atoms with E-state index >= 15 is 0 Å². The van der Waals surface area contributed by atoms with Crippen LogP contribution < -0.4 is 19.6 Å². The van der Waals surface area contributed by atoms with Gasteiger partial charge in [-0.25, -0.2) is 10.2 Å². The van der Waals surface area contributed by atoms with E-state index in [0.717, 1.165) is 10.9 Å². The number of halogens is 2. The lowest BCUT2D eigenvalue weighted by atomic mass is 10.2. The molecule has 0 fully saturated rings. The fourth-order valence-corrected chi connectivity index (χ4v) is 3.25. The Bertz CT molecular complexity index is 1170. The summed E-state index contributed by atoms with van der Waals surface area (Å²) in [7, 11) is 0. The monoisotopic (exact) mass is 544 g/mol. The third-order valence-corrected chi connectivity index (χ3v) is 5.02. The fraction of sp³-hybridized carbons (Fsp3) is 0.160. The van der Waals surface area contributed by atoms with Crippen LogP contribution in [0.1, 0.15) is 29.3 Å². The Balaban J connectivity index is 1.59. The van der Waals surface area contributed by atoms with Crippen LogP contribution >= 0.6 is 27.5 Å². The first kappa shape index (κ1) is 25.3. The lowest BCUT2D eigenvalue weighted by Gasteiger charge is -2.09. The highest BCUT2D eigenvalue weighted by molar-refractivity contribution is 9.10. The van der Waals surface area contributed by atoms with E-state index in [1.807, 2.05) is 6.92 Å². The van der Waals surface area contributed by atoms with Gasteiger partial charge in [0, 0.05) is 15.1 Å². The highest BCUT2D eigenvalue weighted by Crippen LogP contribution is 2.23. The number of esters is 1. The average molecular weight is 546 g/mol. The zero-order chi connectivity index (χ0) is 24.3. The zero-order valence-corrected chi connectivity index (χ0v) is 20.6. The molecule has 0 aliphatic heterocycles. The van der Waals surface area contributed by atoms with E-state index in [0.29, 0.717) is 34.3 Å². The Morgan fingerprint density at radius 3 is 2.56 bits per heavy atom. The average Bonchev–Trinajstić information content (AvgIpc) is 2.83. The van der Waals surface area contributed by atoms with E-state index in [2.05, 4.69) is 26.5 Å². The van der Waals surface area contributed by atoms with Crippen LogP contribution in [0.25, 0.3) is 0 Å². The Hall–Kier alpha value is -3.36. The summed E-state index contributed by atoms with van der Waals surface area (Å²) >= 11 is 9.27. The largest absolute Gasteiger partial charge is 0.494 e. The van der Waals surface area contributed by atoms with Gasteiger partial charge < -0.3 is 14.2 Å². The number of hydrazone groups is 1. The van der Waals surface area contributed by atoms with Crippen molar-refractivity contribution in [3.8, 4) is 17.2 Å². The molecule has 0 radical (unpaired) electrons. The molecule has 0 spiro atoms. The van der Waals surface area contributed by atoms with Crippen molar-refractivity contribution in [2.24, 2.45) is 5.10 Å². The summed E-state index contributed by atoms with van der Waals surface area (Å²) in [6.45, 7) is 2.38. The topological polar surface area (TPSA) is 86.2 Å². The molecule has 176 valence electrons. The van der Waals surface area contributed by atoms with Gasteiger partial charge in [0.2, 0.25) is 0 Å². The van der Waals surface area contributed by atoms with Crippen molar-refractivity contribution in [3.63, 3.8) is 0 Å². The molecule has 0 saturated carbocycles. The molecule has 9 heteroatoms. The molecule has 0 heterocycles. The first-order chi connectivity index (χ1) is 16.4. The van der Waals surface area contributed by atoms with Gasteiger partial charge in [0.15, 0.2) is 6.61 Å². The van der Waals surface area contributed by atoms with Crippen LogP contribution in [0.4, 0.5) is 0 Å². The minimum atomic E-state index is -0.530. The summed E-state index contributed by atoms with van der Waals surface area (Å²) in [5.41, 5.74) is 3.24. The first-order valence-electron chi connectivity index (χ1n) is 10.4. The zero-order valence-electron chi connectivity index (χ0n) is 18.3. The number of nitrogens with one attached hydrogen (secondary N) is 1. The van der Waals surface area contributed by atoms with Gasteiger partial charge in [0.05, 0.1) is 18.4 Å². The van der Waals surface area contributed by atoms with Crippen molar-refractivity contribution in [1.29, 1.82) is 0 Å². The fourth-order valence-electron chi connectivity index (χ4n) is 2.69. The van der Waals surface area contributed by atoms with E-state index in [4.69, 9.17) is 25.8 Å². The van der Waals surface area contributed by atoms with Crippen LogP contribution in [0.5, 0.6) is 17.2 Å². The van der Waals surface area contributed by atoms with E-state index in [1.54, 1.807) is 66.7 Å². The van der Waals surface area contributed by atoms with Crippen LogP contribution in [0, 0.1) is 0 Å². The molecule has 3 aromatic carbocycles. The highest BCUT2D eigenvalue weighted by atomic mass is 79.9. The molecule has 1 amide bonds. The van der Waals surface area contributed by atoms with Gasteiger partial charge in [-0.3, -0.25) is 4.79 Å². The summed E-state index contributed by atoms with van der Waals surface area (Å²) in [6.07, 6.45) is 2.28. The standard InChI is InChI=1S/C25H22BrClN2O5/c1-2-12-32-21-9-6-17(7-10-21)25(31)34-23-11-8-19(26)13-18(23)15-28-29-24(30)16-33-22-5-3-4-20(27)14-22/h3-11,13-15H,2,12,16H2,1H3,(H,29,30). The van der Waals surface area contributed by atoms with Crippen molar-refractivity contribution in [3.05, 3.63) is 87.4 Å². The predicted octanol–water partition coefficient (Wildman–Crippen LogP) is 5.64. The number of hydrogen-bond acceptors (Lipinski definition) is 6. The van der Waals surface area contributed by atoms with Crippen LogP contribution in [0.2, 0.25) is 5.02 Å². The van der Waals surface area contributed by atoms with Gasteiger partial charge >= 0.3 is 5.97 Å². The molecule has 0 aliphatic carbocycles. The second-order valence-corrected chi connectivity index (χ2v) is 8.34. The lowest BCUT2D eigenvalue weighted by Crippen LogP contribution is -2.24. The molecule has 0 atom stereocenters. The van der Waals surface area contributed by atoms with Gasteiger partial charge in [-0.2, -0.15) is 5.10 Å². The Morgan fingerprint density at radius 1 is 1.03 bits per heavy atom. The molecule has 34 heavy (non-hydrogen) atoms. The summed E-state index contributed by atoms with van der Waals surface area (Å²) < 4.78 is 17.2. The summed E-state index contributed by atoms with van der Waals surface area (Å²) in [5.74, 6) is 0.448. The number of amides is 1. The second kappa shape index (κ2) is 12.8. The van der Waals surface area contributed by atoms with Gasteiger partial charge in [-0.1, -0.05) is 40.5 Å². The number of hydrogen-bond donors (Lipinski definition) is 1. The quantitative estimate of drug-likeness (QED) is 0.154. The molecule has 0 aromatic heterocycles. The third kappa shape index (κ3) is 7.90. The normalized spacial score (nSPS) is 10.7. The van der Waals surface area contributed by atoms with Crippen molar-refractivity contribution >= 4 is 45.6 Å². The number of carbonyl (C=O) groups is 2. The molecule has 0 saturated heterocycles. The number of rotatable bonds is 10. The van der Waals surface area contributed by atoms with E-state index in [9.17, 15) is 9.59 Å². The number of nitrogens with zero attached hydrogens (tertiary/aromatic N) is 1. The molecule has 0 unspecified atom stereocenters. The maximum Gasteiger partial charge on any atom is 0.343 e. The second-order valence-electron chi connectivity index (χ2n) is 6.98. The number of benzene rings is 3. The van der Waals surface area contributed by atoms with E-state index < -0.39 is 11.9 Å². The maximum absolute atomic E-state index is 12.6. The van der Waals surface area contributed by atoms with Gasteiger partial charge in [-0.05, 0) is 67.1 Å². The lowest BCUT2D eigenvalue weighted by molar-refractivity contribution is -0.123. The molecule has 0 aliphatic rings. The SMILES string of the molecule is CCCOc1ccc(C(=O)Oc2ccc(Br)cc2C=NNC(=O)COc2cccc(Cl)c2)cc1. The summed E-state index contributed by atoms with van der Waals surface area (Å²) in [5, 5.41) is 4.44. The maximum atomic E-state index is 12.6. The Morgan fingerprint density at radius 2 is 1.82 bits per heavy atom. The van der Waals surface area contributed by atoms with Crippen molar-refractivity contribution in [2.45, 2.75) is 13.3 Å². The molecule has 7 nitrogen and oxygen atoms in total. The highest BCUT2D eigenvalue weighted by Gasteiger charge is 2.12. The van der Waals surface area contributed by atoms with Crippen LogP contribution in [0.15, 0.2) is 76.3 Å². The Kier molecular flexibility index (Phi) is 9.49. The summed E-state index contributed by atoms with van der Waals surface area (Å²) in [4.78, 5) is 24.6. The molecule has 1 N–H and O–H groups in total. The van der Waals surface area contributed by atoms with Gasteiger partial charge in [0.1, 0.15) is 17.2 Å². The molecule has 3 aromatic rings. The van der Waals surface area contributed by atoms with Crippen LogP contribution in [0.3, 0.4) is 0 Å². The minimum absolute atomic E-state index is 0.240. The van der Waals surface area contributed by atoms with E-state index in [1.165, 1.54) is 6.21 Å². The van der Waals surface area contributed by atoms with Crippen molar-refractivity contribution < 1.29 is 23.8 Å². The minimum Gasteiger partial charge on any atom is -0.494 e. The van der Waals surface area contributed by atoms with Crippen LogP contribution in [-0.2, 0) is 4.79 Å². The number of ether oxygens (including phenoxy) is 3. The van der Waals surface area contributed by atoms with Crippen molar-refractivity contribution in [2.75, 3.05) is 13.2 Å². The van der Waals surface area contributed by atoms with Crippen molar-refractivity contribution in [1.82, 2.24) is 5.43 Å². The third-order valence-electron chi connectivity index (χ3n) is 4.30.